The molecule has 34 heavy (non-hydrogen) atoms. The van der Waals surface area contributed by atoms with Crippen LogP contribution >= 0.6 is 11.3 Å². The highest BCUT2D eigenvalue weighted by atomic mass is 32.1. The van der Waals surface area contributed by atoms with Gasteiger partial charge in [0.1, 0.15) is 16.3 Å². The lowest BCUT2D eigenvalue weighted by molar-refractivity contribution is -0.141. The van der Waals surface area contributed by atoms with Gasteiger partial charge < -0.3 is 20.4 Å². The van der Waals surface area contributed by atoms with Gasteiger partial charge in [-0.1, -0.05) is 19.1 Å². The third kappa shape index (κ3) is 4.97. The van der Waals surface area contributed by atoms with Gasteiger partial charge in [-0.25, -0.2) is 19.7 Å². The fraction of sp³-hybridized carbons (Fsp3) is 0.364. The number of aromatic nitrogens is 3. The van der Waals surface area contributed by atoms with Crippen molar-refractivity contribution in [1.82, 2.24) is 19.9 Å². The van der Waals surface area contributed by atoms with E-state index in [-0.39, 0.29) is 31.4 Å². The van der Waals surface area contributed by atoms with Crippen LogP contribution in [-0.2, 0) is 11.8 Å². The molecule has 1 saturated heterocycles. The summed E-state index contributed by atoms with van der Waals surface area (Å²) in [7, 11) is 0. The summed E-state index contributed by atoms with van der Waals surface area (Å²) < 4.78 is 38.7. The van der Waals surface area contributed by atoms with Crippen molar-refractivity contribution >= 4 is 29.1 Å². The fourth-order valence-electron chi connectivity index (χ4n) is 3.98. The number of nitrogens with zero attached hydrogens (tertiary/aromatic N) is 4. The average Bonchev–Trinajstić information content (AvgIpc) is 3.30. The molecule has 2 atom stereocenters. The number of amides is 1. The number of likely N-dealkylation sites (tertiary alicyclic amines) is 1. The molecule has 0 saturated carbocycles. The maximum atomic E-state index is 12.9. The molecular weight excluding hydrogens is 471 g/mol. The van der Waals surface area contributed by atoms with Gasteiger partial charge in [0.15, 0.2) is 0 Å². The molecule has 12 heteroatoms. The van der Waals surface area contributed by atoms with Gasteiger partial charge in [-0.2, -0.15) is 13.2 Å². The third-order valence-electron chi connectivity index (χ3n) is 5.75. The van der Waals surface area contributed by atoms with Crippen LogP contribution < -0.4 is 5.32 Å². The van der Waals surface area contributed by atoms with Gasteiger partial charge in [0.2, 0.25) is 5.95 Å². The number of anilines is 2. The van der Waals surface area contributed by atoms with Crippen LogP contribution in [0.4, 0.5) is 29.6 Å². The second-order valence-electron chi connectivity index (χ2n) is 8.02. The number of rotatable bonds is 5. The number of hydrogen-bond donors (Lipinski definition) is 3. The number of halogens is 3. The topological polar surface area (TPSA) is 111 Å². The molecule has 0 bridgehead atoms. The number of hydrogen-bond acceptors (Lipinski definition) is 7. The van der Waals surface area contributed by atoms with Crippen LogP contribution in [0, 0.1) is 0 Å². The van der Waals surface area contributed by atoms with Crippen molar-refractivity contribution in [2.75, 3.05) is 11.9 Å². The van der Waals surface area contributed by atoms with E-state index in [1.807, 2.05) is 13.0 Å². The van der Waals surface area contributed by atoms with Crippen LogP contribution in [-0.4, -0.2) is 48.7 Å². The normalized spacial score (nSPS) is 20.9. The minimum Gasteiger partial charge on any atom is -0.465 e. The van der Waals surface area contributed by atoms with E-state index in [0.29, 0.717) is 17.1 Å². The standard InChI is InChI=1S/C22H22F3N5O3S/c1-2-15-11-21(33,7-9-30(15)20(31)32)18-27-12-16(34-18)13-4-3-5-14(10-13)28-19-26-8-6-17(29-19)22(23,24)25/h3-6,8,10,12,15,33H,2,7,9,11H2,1H3,(H,31,32)(H,26,28,29). The molecule has 3 N–H and O–H groups in total. The molecule has 1 aliphatic heterocycles. The lowest BCUT2D eigenvalue weighted by Gasteiger charge is -2.41. The maximum Gasteiger partial charge on any atom is 0.433 e. The van der Waals surface area contributed by atoms with Crippen molar-refractivity contribution in [2.45, 2.75) is 44.0 Å². The first-order valence-electron chi connectivity index (χ1n) is 10.5. The van der Waals surface area contributed by atoms with E-state index in [4.69, 9.17) is 0 Å². The summed E-state index contributed by atoms with van der Waals surface area (Å²) in [6.45, 7) is 2.10. The summed E-state index contributed by atoms with van der Waals surface area (Å²) >= 11 is 1.30. The zero-order valence-corrected chi connectivity index (χ0v) is 18.9. The van der Waals surface area contributed by atoms with E-state index in [1.54, 1.807) is 24.4 Å². The Balaban J connectivity index is 1.54. The quantitative estimate of drug-likeness (QED) is 0.453. The number of thiazole rings is 1. The van der Waals surface area contributed by atoms with E-state index in [2.05, 4.69) is 20.3 Å². The summed E-state index contributed by atoms with van der Waals surface area (Å²) in [6, 6.07) is 7.46. The summed E-state index contributed by atoms with van der Waals surface area (Å²) in [5.74, 6) is -0.179. The van der Waals surface area contributed by atoms with Crippen molar-refractivity contribution in [3.8, 4) is 10.4 Å². The molecular formula is C22H22F3N5O3S. The van der Waals surface area contributed by atoms with E-state index >= 15 is 0 Å². The highest BCUT2D eigenvalue weighted by Crippen LogP contribution is 2.41. The molecule has 0 aliphatic carbocycles. The predicted octanol–water partition coefficient (Wildman–Crippen LogP) is 5.10. The van der Waals surface area contributed by atoms with Crippen molar-refractivity contribution in [1.29, 1.82) is 0 Å². The Morgan fingerprint density at radius 1 is 1.32 bits per heavy atom. The molecule has 4 rings (SSSR count). The van der Waals surface area contributed by atoms with Gasteiger partial charge in [-0.3, -0.25) is 0 Å². The second-order valence-corrected chi connectivity index (χ2v) is 9.05. The van der Waals surface area contributed by atoms with Gasteiger partial charge in [0.25, 0.3) is 0 Å². The molecule has 0 spiro atoms. The number of piperidine rings is 1. The van der Waals surface area contributed by atoms with Crippen LogP contribution in [0.2, 0.25) is 0 Å². The van der Waals surface area contributed by atoms with Crippen LogP contribution in [0.5, 0.6) is 0 Å². The molecule has 2 aromatic heterocycles. The third-order valence-corrected chi connectivity index (χ3v) is 6.99. The van der Waals surface area contributed by atoms with Crippen molar-refractivity contribution in [3.05, 3.63) is 53.4 Å². The number of carboxylic acid groups (broad SMARTS) is 1. The molecule has 8 nitrogen and oxygen atoms in total. The Morgan fingerprint density at radius 3 is 2.82 bits per heavy atom. The summed E-state index contributed by atoms with van der Waals surface area (Å²) in [4.78, 5) is 25.3. The summed E-state index contributed by atoms with van der Waals surface area (Å²) in [5.41, 5.74) is -1.02. The average molecular weight is 494 g/mol. The van der Waals surface area contributed by atoms with E-state index in [0.717, 1.165) is 22.7 Å². The first-order chi connectivity index (χ1) is 16.1. The van der Waals surface area contributed by atoms with Gasteiger partial charge in [-0.05, 0) is 30.2 Å². The molecule has 1 amide bonds. The largest absolute Gasteiger partial charge is 0.465 e. The van der Waals surface area contributed by atoms with Crippen LogP contribution in [0.1, 0.15) is 36.9 Å². The molecule has 0 radical (unpaired) electrons. The molecule has 3 heterocycles. The van der Waals surface area contributed by atoms with Crippen molar-refractivity contribution in [3.63, 3.8) is 0 Å². The maximum absolute atomic E-state index is 12.9. The van der Waals surface area contributed by atoms with E-state index in [1.165, 1.54) is 16.2 Å². The summed E-state index contributed by atoms with van der Waals surface area (Å²) in [5, 5.41) is 23.9. The Bertz CT molecular complexity index is 1190. The van der Waals surface area contributed by atoms with Crippen LogP contribution in [0.15, 0.2) is 42.7 Å². The first-order valence-corrected chi connectivity index (χ1v) is 11.4. The van der Waals surface area contributed by atoms with Gasteiger partial charge >= 0.3 is 12.3 Å². The fourth-order valence-corrected chi connectivity index (χ4v) is 5.02. The lowest BCUT2D eigenvalue weighted by Crippen LogP contribution is -2.50. The van der Waals surface area contributed by atoms with Crippen LogP contribution in [0.3, 0.4) is 0 Å². The molecule has 2 unspecified atom stereocenters. The lowest BCUT2D eigenvalue weighted by atomic mass is 9.86. The van der Waals surface area contributed by atoms with Crippen molar-refractivity contribution < 1.29 is 28.2 Å². The molecule has 180 valence electrons. The minimum absolute atomic E-state index is 0.179. The zero-order valence-electron chi connectivity index (χ0n) is 18.1. The van der Waals surface area contributed by atoms with E-state index < -0.39 is 23.6 Å². The Kier molecular flexibility index (Phi) is 6.45. The van der Waals surface area contributed by atoms with Gasteiger partial charge in [0, 0.05) is 43.5 Å². The number of aliphatic hydroxyl groups is 1. The molecule has 3 aromatic rings. The SMILES string of the molecule is CCC1CC(O)(c2ncc(-c3cccc(Nc4nccc(C(F)(F)F)n4)c3)s2)CCN1C(=O)O. The number of nitrogens with one attached hydrogen (secondary N) is 1. The Hall–Kier alpha value is -3.25. The van der Waals surface area contributed by atoms with Gasteiger partial charge in [0.05, 0.1) is 4.88 Å². The summed E-state index contributed by atoms with van der Waals surface area (Å²) in [6.07, 6.45) is -1.81. The number of carbonyl (C=O) groups is 1. The highest BCUT2D eigenvalue weighted by molar-refractivity contribution is 7.15. The van der Waals surface area contributed by atoms with Crippen LogP contribution in [0.25, 0.3) is 10.4 Å². The Labute approximate surface area is 197 Å². The second kappa shape index (κ2) is 9.18. The first kappa shape index (κ1) is 23.9. The number of benzene rings is 1. The van der Waals surface area contributed by atoms with E-state index in [9.17, 15) is 28.2 Å². The van der Waals surface area contributed by atoms with Gasteiger partial charge in [-0.15, -0.1) is 11.3 Å². The Morgan fingerprint density at radius 2 is 2.12 bits per heavy atom. The highest BCUT2D eigenvalue weighted by Gasteiger charge is 2.42. The molecule has 1 aromatic carbocycles. The number of alkyl halides is 3. The van der Waals surface area contributed by atoms with Crippen molar-refractivity contribution in [2.24, 2.45) is 0 Å². The minimum atomic E-state index is -4.57. The monoisotopic (exact) mass is 493 g/mol. The predicted molar refractivity (Wildman–Crippen MR) is 120 cm³/mol. The zero-order chi connectivity index (χ0) is 24.5. The smallest absolute Gasteiger partial charge is 0.433 e. The molecule has 1 aliphatic rings. The molecule has 1 fully saturated rings.